The quantitative estimate of drug-likeness (QED) is 0.555. The topological polar surface area (TPSA) is 110 Å². The molecule has 140 valence electrons. The number of esters is 1. The smallest absolute Gasteiger partial charge is 0.306 e. The molecule has 0 radical (unpaired) electrons. The van der Waals surface area contributed by atoms with Crippen LogP contribution in [0.3, 0.4) is 0 Å². The molecule has 2 N–H and O–H groups in total. The molecular weight excluding hydrogens is 387 g/mol. The van der Waals surface area contributed by atoms with Crippen LogP contribution in [0.2, 0.25) is 0 Å². The molecule has 0 saturated heterocycles. The molecule has 0 aromatic heterocycles. The summed E-state index contributed by atoms with van der Waals surface area (Å²) in [6.07, 6.45) is -0.219. The molecule has 0 spiro atoms. The minimum absolute atomic E-state index is 0.000192. The lowest BCUT2D eigenvalue weighted by Gasteiger charge is -2.22. The number of carbonyl (C=O) groups is 3. The first kappa shape index (κ1) is 20.1. The van der Waals surface area contributed by atoms with Gasteiger partial charge in [-0.15, -0.1) is 0 Å². The number of halogens is 2. The molecular formula is C17H16Cl2O7. The van der Waals surface area contributed by atoms with Crippen LogP contribution in [0.1, 0.15) is 46.5 Å². The fourth-order valence-electron chi connectivity index (χ4n) is 2.60. The normalized spacial score (nSPS) is 13.7. The van der Waals surface area contributed by atoms with Gasteiger partial charge in [0.2, 0.25) is 11.6 Å². The van der Waals surface area contributed by atoms with Gasteiger partial charge in [-0.3, -0.25) is 14.4 Å². The summed E-state index contributed by atoms with van der Waals surface area (Å²) in [5.74, 6) is -3.77. The van der Waals surface area contributed by atoms with Gasteiger partial charge in [-0.2, -0.15) is 0 Å². The molecule has 0 heterocycles. The maximum absolute atomic E-state index is 12.4. The highest BCUT2D eigenvalue weighted by molar-refractivity contribution is 6.59. The summed E-state index contributed by atoms with van der Waals surface area (Å²) in [5, 5.41) is 19.9. The molecule has 0 amide bonds. The van der Waals surface area contributed by atoms with Crippen molar-refractivity contribution in [3.63, 3.8) is 0 Å². The SMILES string of the molecule is CCOC(=O)CCc1c(O)c2c(c(O)c1OCC)C(=O)C(Cl)=C(Cl)C2=O. The number of phenolic OH excluding ortho intramolecular Hbond substituents is 2. The number of benzene rings is 1. The van der Waals surface area contributed by atoms with Crippen molar-refractivity contribution in [1.82, 2.24) is 0 Å². The van der Waals surface area contributed by atoms with Crippen LogP contribution < -0.4 is 4.74 Å². The van der Waals surface area contributed by atoms with Crippen molar-refractivity contribution in [1.29, 1.82) is 0 Å². The van der Waals surface area contributed by atoms with Gasteiger partial charge < -0.3 is 19.7 Å². The first-order chi connectivity index (χ1) is 12.3. The number of allylic oxidation sites excluding steroid dienone is 2. The van der Waals surface area contributed by atoms with Gasteiger partial charge in [0.15, 0.2) is 11.5 Å². The number of fused-ring (bicyclic) bond motifs is 1. The highest BCUT2D eigenvalue weighted by Crippen LogP contribution is 2.48. The lowest BCUT2D eigenvalue weighted by molar-refractivity contribution is -0.143. The van der Waals surface area contributed by atoms with Crippen molar-refractivity contribution >= 4 is 40.7 Å². The second kappa shape index (κ2) is 7.97. The first-order valence-electron chi connectivity index (χ1n) is 7.79. The number of hydrogen-bond acceptors (Lipinski definition) is 7. The Morgan fingerprint density at radius 2 is 1.50 bits per heavy atom. The summed E-state index contributed by atoms with van der Waals surface area (Å²) in [6.45, 7) is 3.56. The monoisotopic (exact) mass is 402 g/mol. The van der Waals surface area contributed by atoms with E-state index in [0.29, 0.717) is 0 Å². The second-order valence-electron chi connectivity index (χ2n) is 5.28. The molecule has 26 heavy (non-hydrogen) atoms. The molecule has 0 bridgehead atoms. The predicted octanol–water partition coefficient (Wildman–Crippen LogP) is 3.06. The number of rotatable bonds is 6. The summed E-state index contributed by atoms with van der Waals surface area (Å²) in [4.78, 5) is 36.3. The van der Waals surface area contributed by atoms with Gasteiger partial charge in [0.1, 0.15) is 15.8 Å². The van der Waals surface area contributed by atoms with E-state index in [1.165, 1.54) is 0 Å². The van der Waals surface area contributed by atoms with Crippen LogP contribution in [0.5, 0.6) is 17.2 Å². The van der Waals surface area contributed by atoms with Crippen molar-refractivity contribution in [2.45, 2.75) is 26.7 Å². The van der Waals surface area contributed by atoms with E-state index in [1.807, 2.05) is 0 Å². The number of hydrogen-bond donors (Lipinski definition) is 2. The van der Waals surface area contributed by atoms with E-state index in [-0.39, 0.29) is 37.4 Å². The van der Waals surface area contributed by atoms with Crippen LogP contribution in [-0.4, -0.2) is 41.0 Å². The molecule has 1 aliphatic carbocycles. The number of phenols is 2. The Balaban J connectivity index is 2.65. The molecule has 0 fully saturated rings. The fourth-order valence-corrected chi connectivity index (χ4v) is 2.97. The van der Waals surface area contributed by atoms with Gasteiger partial charge in [-0.05, 0) is 20.3 Å². The van der Waals surface area contributed by atoms with E-state index >= 15 is 0 Å². The van der Waals surface area contributed by atoms with E-state index in [4.69, 9.17) is 32.7 Å². The average molecular weight is 403 g/mol. The minimum atomic E-state index is -0.906. The van der Waals surface area contributed by atoms with E-state index < -0.39 is 50.2 Å². The lowest BCUT2D eigenvalue weighted by Crippen LogP contribution is -2.20. The Labute approximate surface area is 159 Å². The molecule has 7 nitrogen and oxygen atoms in total. The van der Waals surface area contributed by atoms with Crippen molar-refractivity contribution in [3.05, 3.63) is 26.8 Å². The molecule has 0 unspecified atom stereocenters. The summed E-state index contributed by atoms with van der Waals surface area (Å²) in [6, 6.07) is 0. The van der Waals surface area contributed by atoms with Crippen molar-refractivity contribution in [2.75, 3.05) is 13.2 Å². The lowest BCUT2D eigenvalue weighted by atomic mass is 9.88. The van der Waals surface area contributed by atoms with Crippen LogP contribution in [0.15, 0.2) is 10.1 Å². The van der Waals surface area contributed by atoms with Crippen LogP contribution >= 0.6 is 23.2 Å². The Morgan fingerprint density at radius 3 is 2.00 bits per heavy atom. The van der Waals surface area contributed by atoms with Gasteiger partial charge in [-0.1, -0.05) is 23.2 Å². The van der Waals surface area contributed by atoms with Crippen molar-refractivity contribution < 1.29 is 34.1 Å². The Bertz CT molecular complexity index is 827. The molecule has 1 aliphatic rings. The molecule has 1 aromatic rings. The highest BCUT2D eigenvalue weighted by Gasteiger charge is 2.39. The van der Waals surface area contributed by atoms with Crippen molar-refractivity contribution in [3.8, 4) is 17.2 Å². The van der Waals surface area contributed by atoms with Crippen LogP contribution in [-0.2, 0) is 16.0 Å². The van der Waals surface area contributed by atoms with Crippen LogP contribution in [0.4, 0.5) is 0 Å². The van der Waals surface area contributed by atoms with E-state index in [9.17, 15) is 24.6 Å². The predicted molar refractivity (Wildman–Crippen MR) is 93.3 cm³/mol. The molecule has 0 aliphatic heterocycles. The number of ether oxygens (including phenoxy) is 2. The average Bonchev–Trinajstić information content (AvgIpc) is 2.60. The van der Waals surface area contributed by atoms with E-state index in [1.54, 1.807) is 13.8 Å². The van der Waals surface area contributed by atoms with Crippen molar-refractivity contribution in [2.24, 2.45) is 0 Å². The number of Topliss-reactive ketones (excluding diaryl/α,β-unsaturated/α-hetero) is 2. The molecule has 1 aromatic carbocycles. The maximum atomic E-state index is 12.4. The van der Waals surface area contributed by atoms with Crippen LogP contribution in [0.25, 0.3) is 0 Å². The van der Waals surface area contributed by atoms with E-state index in [0.717, 1.165) is 0 Å². The third-order valence-electron chi connectivity index (χ3n) is 3.72. The second-order valence-corrected chi connectivity index (χ2v) is 6.04. The third kappa shape index (κ3) is 3.37. The standard InChI is InChI=1S/C17H16Cl2O7/c1-3-25-8(20)6-5-7-13(21)9-10(16(24)17(7)26-4-2)15(23)12(19)11(18)14(9)22/h21,24H,3-6H2,1-2H3. The molecule has 2 rings (SSSR count). The third-order valence-corrected chi connectivity index (χ3v) is 4.54. The maximum Gasteiger partial charge on any atom is 0.306 e. The summed E-state index contributed by atoms with van der Waals surface area (Å²) in [5.41, 5.74) is -0.950. The highest BCUT2D eigenvalue weighted by atomic mass is 35.5. The summed E-state index contributed by atoms with van der Waals surface area (Å²) >= 11 is 11.5. The zero-order valence-electron chi connectivity index (χ0n) is 14.0. The van der Waals surface area contributed by atoms with Gasteiger partial charge in [0.25, 0.3) is 0 Å². The first-order valence-corrected chi connectivity index (χ1v) is 8.55. The number of aromatic hydroxyl groups is 2. The summed E-state index contributed by atoms with van der Waals surface area (Å²) in [7, 11) is 0. The zero-order chi connectivity index (χ0) is 19.6. The Morgan fingerprint density at radius 1 is 0.962 bits per heavy atom. The number of carbonyl (C=O) groups excluding carboxylic acids is 3. The van der Waals surface area contributed by atoms with Gasteiger partial charge in [0.05, 0.1) is 24.3 Å². The van der Waals surface area contributed by atoms with Crippen LogP contribution in [0, 0.1) is 0 Å². The molecule has 9 heteroatoms. The Hall–Kier alpha value is -2.25. The van der Waals surface area contributed by atoms with E-state index in [2.05, 4.69) is 0 Å². The molecule has 0 saturated carbocycles. The number of ketones is 2. The fraction of sp³-hybridized carbons (Fsp3) is 0.353. The van der Waals surface area contributed by atoms with Gasteiger partial charge in [0, 0.05) is 12.0 Å². The van der Waals surface area contributed by atoms with Gasteiger partial charge in [-0.25, -0.2) is 0 Å². The minimum Gasteiger partial charge on any atom is -0.507 e. The zero-order valence-corrected chi connectivity index (χ0v) is 15.5. The van der Waals surface area contributed by atoms with Gasteiger partial charge >= 0.3 is 5.97 Å². The summed E-state index contributed by atoms with van der Waals surface area (Å²) < 4.78 is 10.2. The largest absolute Gasteiger partial charge is 0.507 e. The molecule has 0 atom stereocenters. The Kier molecular flexibility index (Phi) is 6.15.